The van der Waals surface area contributed by atoms with Gasteiger partial charge in [-0.25, -0.2) is 15.0 Å². The molecule has 0 unspecified atom stereocenters. The van der Waals surface area contributed by atoms with Crippen molar-refractivity contribution in [3.8, 4) is 11.4 Å². The molecule has 11 heteroatoms. The standard InChI is InChI=1S/C26H24F2N8O/c1-35-10-12-36(13-11-35)23-7-6-18(16-30-23)32-26-33-20-5-3-2-4-19(20)25(34-26)21-14-17(8-9-29-21)31-24(37)15-22(27)28/h2-9,14-16H,10-13H2,1H3,(H,29,31,37)(H,32,33,34). The minimum absolute atomic E-state index is 0.227. The number of piperazine rings is 1. The molecule has 0 aliphatic carbocycles. The minimum Gasteiger partial charge on any atom is -0.354 e. The van der Waals surface area contributed by atoms with Crippen LogP contribution >= 0.6 is 0 Å². The number of nitrogens with zero attached hydrogens (tertiary/aromatic N) is 6. The zero-order chi connectivity index (χ0) is 25.8. The minimum atomic E-state index is -2.07. The third-order valence-corrected chi connectivity index (χ3v) is 5.94. The molecule has 1 aromatic carbocycles. The van der Waals surface area contributed by atoms with Crippen LogP contribution in [0.2, 0.25) is 0 Å². The Balaban J connectivity index is 1.42. The van der Waals surface area contributed by atoms with Crippen molar-refractivity contribution >= 4 is 40.0 Å². The smallest absolute Gasteiger partial charge is 0.275 e. The van der Waals surface area contributed by atoms with E-state index in [1.807, 2.05) is 36.4 Å². The number of hydrogen-bond acceptors (Lipinski definition) is 8. The van der Waals surface area contributed by atoms with Crippen LogP contribution in [0.4, 0.5) is 31.9 Å². The van der Waals surface area contributed by atoms with Gasteiger partial charge in [0.05, 0.1) is 29.2 Å². The molecule has 0 atom stereocenters. The van der Waals surface area contributed by atoms with E-state index < -0.39 is 12.0 Å². The summed E-state index contributed by atoms with van der Waals surface area (Å²) < 4.78 is 24.8. The molecular formula is C26H24F2N8O. The van der Waals surface area contributed by atoms with Gasteiger partial charge in [-0.2, -0.15) is 8.78 Å². The molecule has 9 nitrogen and oxygen atoms in total. The second-order valence-electron chi connectivity index (χ2n) is 8.59. The van der Waals surface area contributed by atoms with Gasteiger partial charge in [0, 0.05) is 43.4 Å². The number of aromatic nitrogens is 4. The first-order valence-corrected chi connectivity index (χ1v) is 11.7. The summed E-state index contributed by atoms with van der Waals surface area (Å²) in [4.78, 5) is 34.6. The van der Waals surface area contributed by atoms with Gasteiger partial charge in [-0.15, -0.1) is 0 Å². The first-order chi connectivity index (χ1) is 17.9. The fourth-order valence-corrected chi connectivity index (χ4v) is 4.05. The normalized spacial score (nSPS) is 13.9. The zero-order valence-electron chi connectivity index (χ0n) is 20.0. The molecule has 3 aromatic heterocycles. The average Bonchev–Trinajstić information content (AvgIpc) is 2.89. The van der Waals surface area contributed by atoms with Gasteiger partial charge in [-0.05, 0) is 37.4 Å². The topological polar surface area (TPSA) is 99.2 Å². The highest BCUT2D eigenvalue weighted by molar-refractivity contribution is 6.00. The van der Waals surface area contributed by atoms with E-state index in [0.717, 1.165) is 43.1 Å². The number of carbonyl (C=O) groups is 1. The van der Waals surface area contributed by atoms with E-state index in [0.29, 0.717) is 28.5 Å². The van der Waals surface area contributed by atoms with Crippen LogP contribution in [0.3, 0.4) is 0 Å². The van der Waals surface area contributed by atoms with Gasteiger partial charge in [0.1, 0.15) is 11.5 Å². The van der Waals surface area contributed by atoms with Gasteiger partial charge in [0.25, 0.3) is 12.0 Å². The predicted molar refractivity (Wildman–Crippen MR) is 139 cm³/mol. The van der Waals surface area contributed by atoms with E-state index >= 15 is 0 Å². The third kappa shape index (κ3) is 5.84. The molecule has 4 heterocycles. The quantitative estimate of drug-likeness (QED) is 0.377. The maximum atomic E-state index is 12.4. The van der Waals surface area contributed by atoms with E-state index in [1.165, 1.54) is 12.3 Å². The second-order valence-corrected chi connectivity index (χ2v) is 8.59. The summed E-state index contributed by atoms with van der Waals surface area (Å²) in [6.45, 7) is 3.85. The van der Waals surface area contributed by atoms with Crippen LogP contribution in [0.5, 0.6) is 0 Å². The lowest BCUT2D eigenvalue weighted by Gasteiger charge is -2.33. The number of para-hydroxylation sites is 1. The van der Waals surface area contributed by atoms with E-state index in [1.54, 1.807) is 12.3 Å². The summed E-state index contributed by atoms with van der Waals surface area (Å²) in [5.74, 6) is 0.338. The molecular weight excluding hydrogens is 478 g/mol. The first-order valence-electron chi connectivity index (χ1n) is 11.7. The van der Waals surface area contributed by atoms with Crippen LogP contribution in [0.15, 0.2) is 73.1 Å². The number of likely N-dealkylation sites (N-methyl/N-ethyl adjacent to an activating group) is 1. The second kappa shape index (κ2) is 10.6. The first kappa shape index (κ1) is 24.2. The Morgan fingerprint density at radius 3 is 2.54 bits per heavy atom. The number of rotatable bonds is 6. The molecule has 0 saturated carbocycles. The molecule has 4 aromatic rings. The summed E-state index contributed by atoms with van der Waals surface area (Å²) >= 11 is 0. The van der Waals surface area contributed by atoms with Gasteiger partial charge in [0.2, 0.25) is 5.95 Å². The summed E-state index contributed by atoms with van der Waals surface area (Å²) in [5.41, 5.74) is 2.71. The van der Waals surface area contributed by atoms with Crippen LogP contribution < -0.4 is 15.5 Å². The molecule has 1 amide bonds. The Morgan fingerprint density at radius 1 is 0.973 bits per heavy atom. The van der Waals surface area contributed by atoms with Crippen LogP contribution in [0, 0.1) is 0 Å². The van der Waals surface area contributed by atoms with Crippen molar-refractivity contribution in [3.63, 3.8) is 0 Å². The van der Waals surface area contributed by atoms with Crippen molar-refractivity contribution in [1.82, 2.24) is 24.8 Å². The van der Waals surface area contributed by atoms with Crippen molar-refractivity contribution in [1.29, 1.82) is 0 Å². The maximum absolute atomic E-state index is 12.4. The van der Waals surface area contributed by atoms with Crippen LogP contribution in [0.1, 0.15) is 0 Å². The fourth-order valence-electron chi connectivity index (χ4n) is 4.05. The Hall–Kier alpha value is -4.51. The monoisotopic (exact) mass is 502 g/mol. The molecule has 1 saturated heterocycles. The van der Waals surface area contributed by atoms with Crippen molar-refractivity contribution in [2.75, 3.05) is 48.8 Å². The van der Waals surface area contributed by atoms with Crippen molar-refractivity contribution < 1.29 is 13.6 Å². The number of fused-ring (bicyclic) bond motifs is 1. The number of halogens is 2. The van der Waals surface area contributed by atoms with Gasteiger partial charge in [-0.3, -0.25) is 9.78 Å². The number of pyridine rings is 2. The number of amides is 1. The van der Waals surface area contributed by atoms with Gasteiger partial charge in [0.15, 0.2) is 0 Å². The number of hydrogen-bond donors (Lipinski definition) is 2. The highest BCUT2D eigenvalue weighted by Crippen LogP contribution is 2.28. The molecule has 37 heavy (non-hydrogen) atoms. The Labute approximate surface area is 211 Å². The van der Waals surface area contributed by atoms with Crippen molar-refractivity contribution in [2.45, 2.75) is 0 Å². The van der Waals surface area contributed by atoms with E-state index in [2.05, 4.69) is 47.4 Å². The van der Waals surface area contributed by atoms with Crippen LogP contribution in [0.25, 0.3) is 22.3 Å². The van der Waals surface area contributed by atoms with Crippen LogP contribution in [-0.2, 0) is 4.79 Å². The van der Waals surface area contributed by atoms with Gasteiger partial charge < -0.3 is 20.4 Å². The number of nitrogens with one attached hydrogen (secondary N) is 2. The lowest BCUT2D eigenvalue weighted by atomic mass is 10.1. The van der Waals surface area contributed by atoms with E-state index in [9.17, 15) is 13.6 Å². The maximum Gasteiger partial charge on any atom is 0.275 e. The molecule has 2 N–H and O–H groups in total. The SMILES string of the molecule is CN1CCN(c2ccc(Nc3nc(-c4cc(NC(=O)C=C(F)F)ccn4)c4ccccc4n3)cn2)CC1. The third-order valence-electron chi connectivity index (χ3n) is 5.94. The number of anilines is 4. The predicted octanol–water partition coefficient (Wildman–Crippen LogP) is 4.30. The largest absolute Gasteiger partial charge is 0.354 e. The molecule has 0 spiro atoms. The highest BCUT2D eigenvalue weighted by Gasteiger charge is 2.16. The highest BCUT2D eigenvalue weighted by atomic mass is 19.3. The van der Waals surface area contributed by atoms with E-state index in [4.69, 9.17) is 0 Å². The average molecular weight is 503 g/mol. The Bertz CT molecular complexity index is 1450. The lowest BCUT2D eigenvalue weighted by Crippen LogP contribution is -2.44. The summed E-state index contributed by atoms with van der Waals surface area (Å²) in [7, 11) is 2.11. The molecule has 1 fully saturated rings. The molecule has 5 rings (SSSR count). The van der Waals surface area contributed by atoms with Crippen LogP contribution in [-0.4, -0.2) is 64.0 Å². The Morgan fingerprint density at radius 2 is 1.78 bits per heavy atom. The summed E-state index contributed by atoms with van der Waals surface area (Å²) in [6.07, 6.45) is 1.38. The summed E-state index contributed by atoms with van der Waals surface area (Å²) in [5, 5.41) is 6.38. The number of carbonyl (C=O) groups excluding carboxylic acids is 1. The van der Waals surface area contributed by atoms with Crippen molar-refractivity contribution in [3.05, 3.63) is 73.1 Å². The van der Waals surface area contributed by atoms with E-state index in [-0.39, 0.29) is 6.08 Å². The molecule has 188 valence electrons. The van der Waals surface area contributed by atoms with Crippen molar-refractivity contribution in [2.24, 2.45) is 0 Å². The molecule has 1 aliphatic rings. The summed E-state index contributed by atoms with van der Waals surface area (Å²) in [6, 6.07) is 14.5. The fraction of sp³-hybridized carbons (Fsp3) is 0.192. The Kier molecular flexibility index (Phi) is 6.95. The molecule has 0 bridgehead atoms. The molecule has 0 radical (unpaired) electrons. The van der Waals surface area contributed by atoms with Gasteiger partial charge in [-0.1, -0.05) is 18.2 Å². The lowest BCUT2D eigenvalue weighted by molar-refractivity contribution is -0.112. The zero-order valence-corrected chi connectivity index (χ0v) is 20.0. The van der Waals surface area contributed by atoms with Gasteiger partial charge >= 0.3 is 0 Å². The molecule has 1 aliphatic heterocycles. The number of benzene rings is 1.